The first-order valence-electron chi connectivity index (χ1n) is 6.93. The monoisotopic (exact) mass is 357 g/mol. The van der Waals surface area contributed by atoms with Crippen molar-refractivity contribution in [3.63, 3.8) is 0 Å². The maximum atomic E-state index is 12.1. The van der Waals surface area contributed by atoms with Crippen molar-refractivity contribution in [3.8, 4) is 5.75 Å². The Morgan fingerprint density at radius 3 is 2.38 bits per heavy atom. The molecule has 1 aromatic rings. The average Bonchev–Trinajstić information content (AvgIpc) is 2.44. The number of rotatable bonds is 8. The van der Waals surface area contributed by atoms with Gasteiger partial charge in [-0.15, -0.1) is 0 Å². The number of benzene rings is 1. The van der Waals surface area contributed by atoms with Crippen molar-refractivity contribution in [1.82, 2.24) is 4.90 Å². The third kappa shape index (κ3) is 5.38. The van der Waals surface area contributed by atoms with Crippen molar-refractivity contribution in [1.29, 1.82) is 0 Å². The fourth-order valence-corrected chi connectivity index (χ4v) is 2.26. The summed E-state index contributed by atoms with van der Waals surface area (Å²) in [6.45, 7) is 5.22. The minimum Gasteiger partial charge on any atom is -0.483 e. The lowest BCUT2D eigenvalue weighted by Gasteiger charge is -2.21. The van der Waals surface area contributed by atoms with Gasteiger partial charge in [-0.05, 0) is 31.0 Å². The van der Waals surface area contributed by atoms with E-state index in [2.05, 4.69) is 15.9 Å². The molecule has 0 aliphatic carbocycles. The zero-order chi connectivity index (χ0) is 15.8. The molecule has 0 aromatic heterocycles. The van der Waals surface area contributed by atoms with E-state index in [4.69, 9.17) is 9.84 Å². The highest BCUT2D eigenvalue weighted by molar-refractivity contribution is 9.10. The summed E-state index contributed by atoms with van der Waals surface area (Å²) in [6.07, 6.45) is 1.76. The number of amides is 1. The van der Waals surface area contributed by atoms with E-state index in [1.807, 2.05) is 13.8 Å². The van der Waals surface area contributed by atoms with Gasteiger partial charge >= 0.3 is 5.97 Å². The van der Waals surface area contributed by atoms with Gasteiger partial charge in [0.1, 0.15) is 11.3 Å². The molecule has 0 saturated heterocycles. The predicted molar refractivity (Wildman–Crippen MR) is 83.8 cm³/mol. The van der Waals surface area contributed by atoms with Crippen LogP contribution >= 0.6 is 15.9 Å². The summed E-state index contributed by atoms with van der Waals surface area (Å²) in [7, 11) is 0. The number of hydrogen-bond acceptors (Lipinski definition) is 3. The molecule has 0 heterocycles. The normalized spacial score (nSPS) is 10.2. The van der Waals surface area contributed by atoms with Crippen LogP contribution in [-0.4, -0.2) is 41.6 Å². The van der Waals surface area contributed by atoms with E-state index in [0.717, 1.165) is 12.8 Å². The van der Waals surface area contributed by atoms with Crippen LogP contribution in [0.5, 0.6) is 5.75 Å². The van der Waals surface area contributed by atoms with E-state index in [-0.39, 0.29) is 23.8 Å². The number of aromatic carboxylic acids is 1. The zero-order valence-electron chi connectivity index (χ0n) is 12.3. The first kappa shape index (κ1) is 17.5. The summed E-state index contributed by atoms with van der Waals surface area (Å²) in [5.74, 6) is -1.02. The van der Waals surface area contributed by atoms with Gasteiger partial charge in [0.15, 0.2) is 6.61 Å². The molecule has 6 heteroatoms. The van der Waals surface area contributed by atoms with E-state index in [1.165, 1.54) is 6.07 Å². The van der Waals surface area contributed by atoms with Gasteiger partial charge in [-0.25, -0.2) is 4.79 Å². The molecule has 21 heavy (non-hydrogen) atoms. The number of halogens is 1. The van der Waals surface area contributed by atoms with Crippen molar-refractivity contribution in [2.45, 2.75) is 26.7 Å². The van der Waals surface area contributed by atoms with Crippen LogP contribution in [0.2, 0.25) is 0 Å². The third-order valence-corrected chi connectivity index (χ3v) is 3.36. The highest BCUT2D eigenvalue weighted by Gasteiger charge is 2.16. The molecular formula is C15H20BrNO4. The molecular weight excluding hydrogens is 338 g/mol. The Morgan fingerprint density at radius 2 is 1.86 bits per heavy atom. The first-order chi connectivity index (χ1) is 9.99. The minimum absolute atomic E-state index is 0.0449. The Kier molecular flexibility index (Phi) is 7.22. The van der Waals surface area contributed by atoms with Crippen molar-refractivity contribution in [2.24, 2.45) is 0 Å². The molecule has 0 fully saturated rings. The van der Waals surface area contributed by atoms with Gasteiger partial charge in [0.2, 0.25) is 0 Å². The van der Waals surface area contributed by atoms with E-state index < -0.39 is 5.97 Å². The highest BCUT2D eigenvalue weighted by Crippen LogP contribution is 2.23. The number of carboxylic acids is 1. The van der Waals surface area contributed by atoms with Gasteiger partial charge in [-0.2, -0.15) is 0 Å². The minimum atomic E-state index is -1.08. The average molecular weight is 358 g/mol. The van der Waals surface area contributed by atoms with E-state index >= 15 is 0 Å². The largest absolute Gasteiger partial charge is 0.483 e. The molecule has 0 atom stereocenters. The van der Waals surface area contributed by atoms with Crippen molar-refractivity contribution in [2.75, 3.05) is 19.7 Å². The van der Waals surface area contributed by atoms with Crippen LogP contribution < -0.4 is 4.74 Å². The van der Waals surface area contributed by atoms with Crippen LogP contribution in [0.4, 0.5) is 0 Å². The van der Waals surface area contributed by atoms with Crippen molar-refractivity contribution >= 4 is 27.8 Å². The second kappa shape index (κ2) is 8.67. The van der Waals surface area contributed by atoms with Crippen LogP contribution in [0.1, 0.15) is 37.0 Å². The summed E-state index contributed by atoms with van der Waals surface area (Å²) >= 11 is 3.26. The first-order valence-corrected chi connectivity index (χ1v) is 7.72. The lowest BCUT2D eigenvalue weighted by Crippen LogP contribution is -2.36. The Balaban J connectivity index is 2.75. The van der Waals surface area contributed by atoms with Gasteiger partial charge in [0.05, 0.1) is 0 Å². The Morgan fingerprint density at radius 1 is 1.24 bits per heavy atom. The molecule has 5 nitrogen and oxygen atoms in total. The lowest BCUT2D eigenvalue weighted by molar-refractivity contribution is -0.133. The van der Waals surface area contributed by atoms with Gasteiger partial charge < -0.3 is 14.7 Å². The molecule has 0 aliphatic heterocycles. The number of carbonyl (C=O) groups excluding carboxylic acids is 1. The van der Waals surface area contributed by atoms with Gasteiger partial charge in [-0.1, -0.05) is 29.8 Å². The van der Waals surface area contributed by atoms with Crippen LogP contribution in [-0.2, 0) is 4.79 Å². The van der Waals surface area contributed by atoms with Crippen LogP contribution in [0.3, 0.4) is 0 Å². The zero-order valence-corrected chi connectivity index (χ0v) is 13.9. The molecule has 0 bridgehead atoms. The quantitative estimate of drug-likeness (QED) is 0.775. The number of ether oxygens (including phenoxy) is 1. The predicted octanol–water partition coefficient (Wildman–Crippen LogP) is 3.17. The maximum absolute atomic E-state index is 12.1. The van der Waals surface area contributed by atoms with Gasteiger partial charge in [-0.3, -0.25) is 4.79 Å². The van der Waals surface area contributed by atoms with E-state index in [0.29, 0.717) is 17.6 Å². The second-order valence-corrected chi connectivity index (χ2v) is 5.53. The Bertz CT molecular complexity index is 498. The molecule has 0 aliphatic rings. The van der Waals surface area contributed by atoms with Gasteiger partial charge in [0.25, 0.3) is 5.91 Å². The molecule has 0 saturated carbocycles. The molecule has 0 radical (unpaired) electrons. The number of carboxylic acid groups (broad SMARTS) is 1. The van der Waals surface area contributed by atoms with Crippen LogP contribution in [0.15, 0.2) is 22.7 Å². The summed E-state index contributed by atoms with van der Waals surface area (Å²) in [6, 6.07) is 4.63. The Labute approximate surface area is 133 Å². The number of hydrogen-bond donors (Lipinski definition) is 1. The maximum Gasteiger partial charge on any atom is 0.339 e. The van der Waals surface area contributed by atoms with E-state index in [1.54, 1.807) is 17.0 Å². The number of nitrogens with zero attached hydrogens (tertiary/aromatic N) is 1. The smallest absolute Gasteiger partial charge is 0.339 e. The third-order valence-electron chi connectivity index (χ3n) is 2.86. The van der Waals surface area contributed by atoms with E-state index in [9.17, 15) is 9.59 Å². The lowest BCUT2D eigenvalue weighted by atomic mass is 10.2. The fourth-order valence-electron chi connectivity index (χ4n) is 1.92. The molecule has 116 valence electrons. The number of carbonyl (C=O) groups is 2. The van der Waals surface area contributed by atoms with Crippen molar-refractivity contribution in [3.05, 3.63) is 28.2 Å². The molecule has 1 rings (SSSR count). The SMILES string of the molecule is CCCN(CCC)C(=O)COc1cc(Br)ccc1C(=O)O. The topological polar surface area (TPSA) is 66.8 Å². The molecule has 0 unspecified atom stereocenters. The van der Waals surface area contributed by atoms with Crippen molar-refractivity contribution < 1.29 is 19.4 Å². The van der Waals surface area contributed by atoms with Crippen LogP contribution in [0.25, 0.3) is 0 Å². The van der Waals surface area contributed by atoms with Crippen LogP contribution in [0, 0.1) is 0 Å². The fraction of sp³-hybridized carbons (Fsp3) is 0.467. The summed E-state index contributed by atoms with van der Waals surface area (Å²) < 4.78 is 6.12. The molecule has 0 spiro atoms. The molecule has 1 amide bonds. The summed E-state index contributed by atoms with van der Waals surface area (Å²) in [5, 5.41) is 9.11. The summed E-state index contributed by atoms with van der Waals surface area (Å²) in [4.78, 5) is 25.0. The molecule has 1 aromatic carbocycles. The van der Waals surface area contributed by atoms with Gasteiger partial charge in [0, 0.05) is 17.6 Å². The standard InChI is InChI=1S/C15H20BrNO4/c1-3-7-17(8-4-2)14(18)10-21-13-9-11(16)5-6-12(13)15(19)20/h5-6,9H,3-4,7-8,10H2,1-2H3,(H,19,20). The highest BCUT2D eigenvalue weighted by atomic mass is 79.9. The molecule has 1 N–H and O–H groups in total. The Hall–Kier alpha value is -1.56. The second-order valence-electron chi connectivity index (χ2n) is 4.62. The summed E-state index contributed by atoms with van der Waals surface area (Å²) in [5.41, 5.74) is 0.0449.